The van der Waals surface area contributed by atoms with E-state index in [4.69, 9.17) is 5.26 Å². The molecule has 3 heteroatoms. The zero-order valence-corrected chi connectivity index (χ0v) is 11.0. The molecule has 2 rings (SSSR count). The average molecular weight is 243 g/mol. The molecule has 0 radical (unpaired) electrons. The molecular formula is C15H21N3. The van der Waals surface area contributed by atoms with Gasteiger partial charge < -0.3 is 10.2 Å². The van der Waals surface area contributed by atoms with Gasteiger partial charge in [-0.15, -0.1) is 0 Å². The molecule has 18 heavy (non-hydrogen) atoms. The lowest BCUT2D eigenvalue weighted by atomic mass is 10.0. The first-order chi connectivity index (χ1) is 8.81. The Labute approximate surface area is 109 Å². The summed E-state index contributed by atoms with van der Waals surface area (Å²) in [6.07, 6.45) is 2.54. The van der Waals surface area contributed by atoms with E-state index in [1.165, 1.54) is 24.9 Å². The topological polar surface area (TPSA) is 39.1 Å². The van der Waals surface area contributed by atoms with Gasteiger partial charge in [-0.2, -0.15) is 5.26 Å². The molecule has 0 aromatic heterocycles. The Kier molecular flexibility index (Phi) is 4.74. The number of hydrogen-bond acceptors (Lipinski definition) is 3. The van der Waals surface area contributed by atoms with Gasteiger partial charge in [0, 0.05) is 19.1 Å². The van der Waals surface area contributed by atoms with Crippen molar-refractivity contribution in [3.63, 3.8) is 0 Å². The SMILES string of the molecule is CCN1CCCC(NCc2cccc(C#N)c2)C1. The molecule has 1 aromatic rings. The molecule has 96 valence electrons. The minimum atomic E-state index is 0.587. The standard InChI is InChI=1S/C15H21N3/c1-2-18-8-4-7-15(12-18)17-11-14-6-3-5-13(9-14)10-16/h3,5-6,9,15,17H,2,4,7-8,11-12H2,1H3. The molecule has 1 saturated heterocycles. The first kappa shape index (κ1) is 13.1. The van der Waals surface area contributed by atoms with Crippen molar-refractivity contribution in [1.29, 1.82) is 5.26 Å². The van der Waals surface area contributed by atoms with Crippen molar-refractivity contribution in [2.75, 3.05) is 19.6 Å². The highest BCUT2D eigenvalue weighted by atomic mass is 15.2. The van der Waals surface area contributed by atoms with Gasteiger partial charge in [0.15, 0.2) is 0 Å². The first-order valence-electron chi connectivity index (χ1n) is 6.76. The van der Waals surface area contributed by atoms with Crippen molar-refractivity contribution in [2.45, 2.75) is 32.4 Å². The van der Waals surface area contributed by atoms with Gasteiger partial charge in [0.2, 0.25) is 0 Å². The van der Waals surface area contributed by atoms with E-state index in [2.05, 4.69) is 29.3 Å². The van der Waals surface area contributed by atoms with E-state index in [-0.39, 0.29) is 0 Å². The summed E-state index contributed by atoms with van der Waals surface area (Å²) in [6.45, 7) is 6.60. The number of likely N-dealkylation sites (N-methyl/N-ethyl adjacent to an activating group) is 1. The fourth-order valence-electron chi connectivity index (χ4n) is 2.52. The number of nitrogens with zero attached hydrogens (tertiary/aromatic N) is 2. The van der Waals surface area contributed by atoms with E-state index in [1.54, 1.807) is 0 Å². The molecule has 1 N–H and O–H groups in total. The second-order valence-corrected chi connectivity index (χ2v) is 4.93. The lowest BCUT2D eigenvalue weighted by Gasteiger charge is -2.32. The zero-order valence-electron chi connectivity index (χ0n) is 11.0. The molecular weight excluding hydrogens is 222 g/mol. The zero-order chi connectivity index (χ0) is 12.8. The van der Waals surface area contributed by atoms with E-state index in [9.17, 15) is 0 Å². The molecule has 0 saturated carbocycles. The van der Waals surface area contributed by atoms with Gasteiger partial charge in [0.05, 0.1) is 11.6 Å². The lowest BCUT2D eigenvalue weighted by Crippen LogP contribution is -2.45. The number of hydrogen-bond donors (Lipinski definition) is 1. The van der Waals surface area contributed by atoms with Crippen molar-refractivity contribution >= 4 is 0 Å². The molecule has 1 aliphatic heterocycles. The third kappa shape index (κ3) is 3.56. The van der Waals surface area contributed by atoms with Crippen LogP contribution in [0.3, 0.4) is 0 Å². The minimum absolute atomic E-state index is 0.587. The molecule has 0 bridgehead atoms. The molecule has 1 aromatic carbocycles. The van der Waals surface area contributed by atoms with Gasteiger partial charge >= 0.3 is 0 Å². The number of rotatable bonds is 4. The number of nitrogens with one attached hydrogen (secondary N) is 1. The van der Waals surface area contributed by atoms with E-state index >= 15 is 0 Å². The molecule has 0 amide bonds. The van der Waals surface area contributed by atoms with E-state index in [0.29, 0.717) is 6.04 Å². The van der Waals surface area contributed by atoms with Crippen LogP contribution in [0.25, 0.3) is 0 Å². The fraction of sp³-hybridized carbons (Fsp3) is 0.533. The van der Waals surface area contributed by atoms with Crippen LogP contribution in [0, 0.1) is 11.3 Å². The third-order valence-electron chi connectivity index (χ3n) is 3.60. The van der Waals surface area contributed by atoms with Crippen LogP contribution in [0.1, 0.15) is 30.9 Å². The third-order valence-corrected chi connectivity index (χ3v) is 3.60. The molecule has 3 nitrogen and oxygen atoms in total. The maximum Gasteiger partial charge on any atom is 0.0991 e. The van der Waals surface area contributed by atoms with Crippen LogP contribution in [0.15, 0.2) is 24.3 Å². The Bertz CT molecular complexity index is 422. The minimum Gasteiger partial charge on any atom is -0.309 e. The van der Waals surface area contributed by atoms with Crippen LogP contribution in [-0.4, -0.2) is 30.6 Å². The van der Waals surface area contributed by atoms with Gasteiger partial charge in [-0.3, -0.25) is 0 Å². The predicted octanol–water partition coefficient (Wildman–Crippen LogP) is 2.13. The van der Waals surface area contributed by atoms with Crippen LogP contribution >= 0.6 is 0 Å². The highest BCUT2D eigenvalue weighted by Gasteiger charge is 2.17. The van der Waals surface area contributed by atoms with Crippen LogP contribution in [0.4, 0.5) is 0 Å². The summed E-state index contributed by atoms with van der Waals surface area (Å²) in [7, 11) is 0. The van der Waals surface area contributed by atoms with Crippen molar-refractivity contribution in [3.05, 3.63) is 35.4 Å². The molecule has 1 atom stereocenters. The fourth-order valence-corrected chi connectivity index (χ4v) is 2.52. The summed E-state index contributed by atoms with van der Waals surface area (Å²) in [5, 5.41) is 12.5. The Morgan fingerprint density at radius 1 is 1.50 bits per heavy atom. The molecule has 1 aliphatic rings. The summed E-state index contributed by atoms with van der Waals surface area (Å²) < 4.78 is 0. The largest absolute Gasteiger partial charge is 0.309 e. The number of nitriles is 1. The summed E-state index contributed by atoms with van der Waals surface area (Å²) in [5.74, 6) is 0. The van der Waals surface area contributed by atoms with E-state index in [0.717, 1.165) is 25.2 Å². The van der Waals surface area contributed by atoms with Gasteiger partial charge in [-0.25, -0.2) is 0 Å². The lowest BCUT2D eigenvalue weighted by molar-refractivity contribution is 0.198. The van der Waals surface area contributed by atoms with Crippen molar-refractivity contribution in [1.82, 2.24) is 10.2 Å². The number of piperidine rings is 1. The molecule has 1 fully saturated rings. The second kappa shape index (κ2) is 6.53. The Morgan fingerprint density at radius 2 is 2.39 bits per heavy atom. The maximum absolute atomic E-state index is 8.87. The monoisotopic (exact) mass is 243 g/mol. The van der Waals surface area contributed by atoms with E-state index in [1.807, 2.05) is 18.2 Å². The summed E-state index contributed by atoms with van der Waals surface area (Å²) in [6, 6.07) is 10.6. The predicted molar refractivity (Wildman–Crippen MR) is 73.1 cm³/mol. The van der Waals surface area contributed by atoms with Gasteiger partial charge in [-0.05, 0) is 43.6 Å². The summed E-state index contributed by atoms with van der Waals surface area (Å²) >= 11 is 0. The van der Waals surface area contributed by atoms with Crippen LogP contribution in [-0.2, 0) is 6.54 Å². The van der Waals surface area contributed by atoms with Crippen LogP contribution < -0.4 is 5.32 Å². The molecule has 1 heterocycles. The Hall–Kier alpha value is -1.37. The molecule has 0 aliphatic carbocycles. The highest BCUT2D eigenvalue weighted by molar-refractivity contribution is 5.32. The summed E-state index contributed by atoms with van der Waals surface area (Å²) in [4.78, 5) is 2.49. The Balaban J connectivity index is 1.85. The van der Waals surface area contributed by atoms with Crippen molar-refractivity contribution in [2.24, 2.45) is 0 Å². The van der Waals surface area contributed by atoms with Gasteiger partial charge in [0.1, 0.15) is 0 Å². The smallest absolute Gasteiger partial charge is 0.0991 e. The Morgan fingerprint density at radius 3 is 3.17 bits per heavy atom. The molecule has 1 unspecified atom stereocenters. The quantitative estimate of drug-likeness (QED) is 0.880. The van der Waals surface area contributed by atoms with Gasteiger partial charge in [-0.1, -0.05) is 19.1 Å². The van der Waals surface area contributed by atoms with Crippen molar-refractivity contribution < 1.29 is 0 Å². The van der Waals surface area contributed by atoms with Crippen LogP contribution in [0.2, 0.25) is 0 Å². The maximum atomic E-state index is 8.87. The average Bonchev–Trinajstić information content (AvgIpc) is 2.45. The van der Waals surface area contributed by atoms with Gasteiger partial charge in [0.25, 0.3) is 0 Å². The second-order valence-electron chi connectivity index (χ2n) is 4.93. The normalized spacial score (nSPS) is 20.6. The van der Waals surface area contributed by atoms with Crippen LogP contribution in [0.5, 0.6) is 0 Å². The number of benzene rings is 1. The molecule has 0 spiro atoms. The van der Waals surface area contributed by atoms with Crippen molar-refractivity contribution in [3.8, 4) is 6.07 Å². The van der Waals surface area contributed by atoms with E-state index < -0.39 is 0 Å². The first-order valence-corrected chi connectivity index (χ1v) is 6.76. The summed E-state index contributed by atoms with van der Waals surface area (Å²) in [5.41, 5.74) is 1.94. The highest BCUT2D eigenvalue weighted by Crippen LogP contribution is 2.11. The number of likely N-dealkylation sites (tertiary alicyclic amines) is 1.